The number of fused-ring (bicyclic) bond motifs is 1. The average Bonchev–Trinajstić information content (AvgIpc) is 3.30. The molecule has 7 nitrogen and oxygen atoms in total. The van der Waals surface area contributed by atoms with E-state index in [0.29, 0.717) is 41.7 Å². The van der Waals surface area contributed by atoms with Crippen LogP contribution in [-0.2, 0) is 6.54 Å². The van der Waals surface area contributed by atoms with Crippen LogP contribution in [0.25, 0.3) is 4.96 Å². The predicted octanol–water partition coefficient (Wildman–Crippen LogP) is 3.51. The molecule has 1 amide bonds. The summed E-state index contributed by atoms with van der Waals surface area (Å²) in [6, 6.07) is 18.4. The van der Waals surface area contributed by atoms with E-state index in [1.54, 1.807) is 22.7 Å². The van der Waals surface area contributed by atoms with Crippen LogP contribution in [0.4, 0.5) is 0 Å². The third-order valence-electron chi connectivity index (χ3n) is 5.49. The van der Waals surface area contributed by atoms with Gasteiger partial charge in [0, 0.05) is 50.4 Å². The monoisotopic (exact) mass is 446 g/mol. The van der Waals surface area contributed by atoms with Gasteiger partial charge in [0.15, 0.2) is 4.96 Å². The van der Waals surface area contributed by atoms with Crippen LogP contribution in [0.15, 0.2) is 77.0 Å². The molecule has 0 N–H and O–H groups in total. The van der Waals surface area contributed by atoms with Gasteiger partial charge >= 0.3 is 0 Å². The van der Waals surface area contributed by atoms with Gasteiger partial charge in [-0.2, -0.15) is 0 Å². The molecule has 0 saturated carbocycles. The summed E-state index contributed by atoms with van der Waals surface area (Å²) in [5, 5.41) is 1.86. The van der Waals surface area contributed by atoms with Crippen molar-refractivity contribution < 1.29 is 9.53 Å². The first-order valence-corrected chi connectivity index (χ1v) is 11.3. The number of benzene rings is 2. The Morgan fingerprint density at radius 2 is 1.75 bits per heavy atom. The zero-order valence-corrected chi connectivity index (χ0v) is 18.2. The van der Waals surface area contributed by atoms with Gasteiger partial charge in [-0.3, -0.25) is 18.9 Å². The van der Waals surface area contributed by atoms with Crippen LogP contribution in [0, 0.1) is 0 Å². The second-order valence-electron chi connectivity index (χ2n) is 7.62. The Morgan fingerprint density at radius 1 is 1.00 bits per heavy atom. The van der Waals surface area contributed by atoms with Crippen molar-refractivity contribution in [3.63, 3.8) is 0 Å². The van der Waals surface area contributed by atoms with Crippen LogP contribution >= 0.6 is 11.3 Å². The molecule has 162 valence electrons. The van der Waals surface area contributed by atoms with E-state index in [4.69, 9.17) is 4.74 Å². The molecule has 1 fully saturated rings. The normalized spacial score (nSPS) is 14.6. The summed E-state index contributed by atoms with van der Waals surface area (Å²) in [6.07, 6.45) is 1.74. The number of hydrogen-bond acceptors (Lipinski definition) is 6. The molecule has 5 rings (SSSR count). The van der Waals surface area contributed by atoms with Gasteiger partial charge in [0.2, 0.25) is 0 Å². The zero-order chi connectivity index (χ0) is 21.9. The molecular weight excluding hydrogens is 424 g/mol. The molecule has 1 aliphatic rings. The molecular formula is C24H22N4O3S. The quantitative estimate of drug-likeness (QED) is 0.469. The number of ether oxygens (including phenoxy) is 1. The third-order valence-corrected chi connectivity index (χ3v) is 6.25. The van der Waals surface area contributed by atoms with E-state index >= 15 is 0 Å². The van der Waals surface area contributed by atoms with Crippen molar-refractivity contribution in [3.8, 4) is 11.5 Å². The van der Waals surface area contributed by atoms with Crippen LogP contribution in [0.2, 0.25) is 0 Å². The summed E-state index contributed by atoms with van der Waals surface area (Å²) in [6.45, 7) is 3.26. The lowest BCUT2D eigenvalue weighted by Crippen LogP contribution is -2.48. The van der Waals surface area contributed by atoms with E-state index in [2.05, 4.69) is 9.88 Å². The molecule has 2 aromatic heterocycles. The Labute approximate surface area is 189 Å². The summed E-state index contributed by atoms with van der Waals surface area (Å²) < 4.78 is 7.52. The number of rotatable bonds is 5. The smallest absolute Gasteiger partial charge is 0.258 e. The molecule has 0 unspecified atom stereocenters. The number of carbonyl (C=O) groups is 1. The van der Waals surface area contributed by atoms with Crippen molar-refractivity contribution in [2.75, 3.05) is 26.2 Å². The van der Waals surface area contributed by atoms with E-state index in [0.717, 1.165) is 18.8 Å². The lowest BCUT2D eigenvalue weighted by Gasteiger charge is -2.34. The summed E-state index contributed by atoms with van der Waals surface area (Å²) in [5.74, 6) is 1.22. The van der Waals surface area contributed by atoms with Crippen molar-refractivity contribution in [2.45, 2.75) is 6.54 Å². The second-order valence-corrected chi connectivity index (χ2v) is 8.49. The van der Waals surface area contributed by atoms with Crippen LogP contribution < -0.4 is 10.3 Å². The van der Waals surface area contributed by atoms with Crippen molar-refractivity contribution in [3.05, 3.63) is 93.9 Å². The van der Waals surface area contributed by atoms with E-state index in [9.17, 15) is 9.59 Å². The number of aromatic nitrogens is 2. The maximum Gasteiger partial charge on any atom is 0.258 e. The topological polar surface area (TPSA) is 67.2 Å². The number of nitrogens with zero attached hydrogens (tertiary/aromatic N) is 4. The third kappa shape index (κ3) is 4.28. The lowest BCUT2D eigenvalue weighted by molar-refractivity contribution is 0.0624. The summed E-state index contributed by atoms with van der Waals surface area (Å²) >= 11 is 1.45. The SMILES string of the molecule is O=C(c1ccccc1Oc1ccccc1)N1CCN(Cc2cc(=O)n3ccsc3n2)CC1. The van der Waals surface area contributed by atoms with E-state index in [1.807, 2.05) is 58.8 Å². The Kier molecular flexibility index (Phi) is 5.70. The minimum absolute atomic E-state index is 0.0347. The number of piperazine rings is 1. The highest BCUT2D eigenvalue weighted by molar-refractivity contribution is 7.15. The Bertz CT molecular complexity index is 1290. The number of amides is 1. The molecule has 1 saturated heterocycles. The number of hydrogen-bond donors (Lipinski definition) is 0. The van der Waals surface area contributed by atoms with E-state index < -0.39 is 0 Å². The van der Waals surface area contributed by atoms with Crippen LogP contribution in [0.5, 0.6) is 11.5 Å². The minimum atomic E-state index is -0.0601. The molecule has 0 atom stereocenters. The molecule has 4 aromatic rings. The molecule has 0 radical (unpaired) electrons. The highest BCUT2D eigenvalue weighted by Crippen LogP contribution is 2.26. The van der Waals surface area contributed by atoms with Gasteiger partial charge in [0.1, 0.15) is 11.5 Å². The molecule has 32 heavy (non-hydrogen) atoms. The fraction of sp³-hybridized carbons (Fsp3) is 0.208. The maximum absolute atomic E-state index is 13.2. The Hall–Kier alpha value is -3.49. The van der Waals surface area contributed by atoms with Crippen molar-refractivity contribution in [2.24, 2.45) is 0 Å². The Morgan fingerprint density at radius 3 is 2.56 bits per heavy atom. The lowest BCUT2D eigenvalue weighted by atomic mass is 10.1. The number of carbonyl (C=O) groups excluding carboxylic acids is 1. The van der Waals surface area contributed by atoms with Crippen LogP contribution in [0.3, 0.4) is 0 Å². The Balaban J connectivity index is 1.24. The largest absolute Gasteiger partial charge is 0.457 e. The van der Waals surface area contributed by atoms with Gasteiger partial charge in [0.25, 0.3) is 11.5 Å². The van der Waals surface area contributed by atoms with Crippen LogP contribution in [-0.4, -0.2) is 51.3 Å². The number of thiazole rings is 1. The summed E-state index contributed by atoms with van der Waals surface area (Å²) in [4.78, 5) is 34.8. The molecule has 0 bridgehead atoms. The first kappa shape index (κ1) is 20.4. The highest BCUT2D eigenvalue weighted by Gasteiger charge is 2.25. The standard InChI is InChI=1S/C24H22N4O3S/c29-22-16-18(25-24-28(22)14-15-32-24)17-26-10-12-27(13-11-26)23(30)20-8-4-5-9-21(20)31-19-6-2-1-3-7-19/h1-9,14-16H,10-13,17H2. The van der Waals surface area contributed by atoms with Crippen molar-refractivity contribution >= 4 is 22.2 Å². The van der Waals surface area contributed by atoms with Crippen molar-refractivity contribution in [1.29, 1.82) is 0 Å². The van der Waals surface area contributed by atoms with Crippen LogP contribution in [0.1, 0.15) is 16.1 Å². The highest BCUT2D eigenvalue weighted by atomic mass is 32.1. The molecule has 8 heteroatoms. The first-order valence-electron chi connectivity index (χ1n) is 10.5. The van der Waals surface area contributed by atoms with Gasteiger partial charge < -0.3 is 9.64 Å². The first-order chi connectivity index (χ1) is 15.7. The second kappa shape index (κ2) is 8.94. The van der Waals surface area contributed by atoms with Gasteiger partial charge in [-0.15, -0.1) is 11.3 Å². The average molecular weight is 447 g/mol. The van der Waals surface area contributed by atoms with Gasteiger partial charge in [-0.25, -0.2) is 4.98 Å². The minimum Gasteiger partial charge on any atom is -0.457 e. The molecule has 2 aromatic carbocycles. The maximum atomic E-state index is 13.2. The van der Waals surface area contributed by atoms with E-state index in [-0.39, 0.29) is 11.5 Å². The summed E-state index contributed by atoms with van der Waals surface area (Å²) in [7, 11) is 0. The van der Waals surface area contributed by atoms with Gasteiger partial charge in [0.05, 0.1) is 11.3 Å². The molecule has 1 aliphatic heterocycles. The fourth-order valence-electron chi connectivity index (χ4n) is 3.83. The molecule has 0 aliphatic carbocycles. The van der Waals surface area contributed by atoms with E-state index in [1.165, 1.54) is 11.3 Å². The molecule has 0 spiro atoms. The number of para-hydroxylation sites is 2. The predicted molar refractivity (Wildman–Crippen MR) is 123 cm³/mol. The molecule has 3 heterocycles. The zero-order valence-electron chi connectivity index (χ0n) is 17.4. The summed E-state index contributed by atoms with van der Waals surface area (Å²) in [5.41, 5.74) is 1.26. The van der Waals surface area contributed by atoms with Gasteiger partial charge in [-0.05, 0) is 24.3 Å². The fourth-order valence-corrected chi connectivity index (χ4v) is 4.56. The van der Waals surface area contributed by atoms with Crippen molar-refractivity contribution in [1.82, 2.24) is 19.2 Å². The van der Waals surface area contributed by atoms with Gasteiger partial charge in [-0.1, -0.05) is 30.3 Å².